The lowest BCUT2D eigenvalue weighted by atomic mass is 9.76. The summed E-state index contributed by atoms with van der Waals surface area (Å²) in [5.41, 5.74) is 11.4. The molecule has 156 valence electrons. The molecule has 0 bridgehead atoms. The van der Waals surface area contributed by atoms with Gasteiger partial charge in [0.15, 0.2) is 17.3 Å². The van der Waals surface area contributed by atoms with Crippen molar-refractivity contribution in [2.24, 2.45) is 0 Å². The van der Waals surface area contributed by atoms with E-state index in [1.54, 1.807) is 12.1 Å². The van der Waals surface area contributed by atoms with Gasteiger partial charge in [0.1, 0.15) is 11.9 Å². The maximum Gasteiger partial charge on any atom is 0.161 e. The van der Waals surface area contributed by atoms with Gasteiger partial charge in [-0.05, 0) is 43.0 Å². The summed E-state index contributed by atoms with van der Waals surface area (Å²) in [4.78, 5) is 17.7. The Morgan fingerprint density at radius 1 is 1.39 bits per heavy atom. The molecule has 8 heteroatoms. The summed E-state index contributed by atoms with van der Waals surface area (Å²) in [6.45, 7) is 1.87. The maximum atomic E-state index is 13.1. The van der Waals surface area contributed by atoms with E-state index >= 15 is 0 Å². The number of phenols is 1. The van der Waals surface area contributed by atoms with Crippen molar-refractivity contribution < 1.29 is 14.6 Å². The highest BCUT2D eigenvalue weighted by atomic mass is 32.1. The van der Waals surface area contributed by atoms with Crippen LogP contribution in [0.15, 0.2) is 29.5 Å². The van der Waals surface area contributed by atoms with Gasteiger partial charge in [-0.15, -0.1) is 11.3 Å². The molecule has 1 aliphatic heterocycles. The van der Waals surface area contributed by atoms with E-state index < -0.39 is 0 Å². The van der Waals surface area contributed by atoms with Crippen molar-refractivity contribution >= 4 is 38.2 Å². The van der Waals surface area contributed by atoms with Crippen LogP contribution in [0.25, 0.3) is 10.2 Å². The number of carbonyl (C=O) groups is 1. The number of nitrogens with two attached hydrogens (primary N) is 1. The summed E-state index contributed by atoms with van der Waals surface area (Å²) in [5.74, 6) is 0.315. The van der Waals surface area contributed by atoms with Crippen molar-refractivity contribution in [1.82, 2.24) is 4.98 Å². The number of ether oxygens (including phenoxy) is 1. The van der Waals surface area contributed by atoms with Crippen molar-refractivity contribution in [3.05, 3.63) is 51.7 Å². The summed E-state index contributed by atoms with van der Waals surface area (Å²) in [7, 11) is 1.50. The van der Waals surface area contributed by atoms with Crippen LogP contribution in [0.5, 0.6) is 11.5 Å². The first-order valence-electron chi connectivity index (χ1n) is 9.97. The van der Waals surface area contributed by atoms with Gasteiger partial charge in [0, 0.05) is 29.2 Å². The zero-order valence-electron chi connectivity index (χ0n) is 17.1. The number of hydrogen-bond donors (Lipinski definition) is 3. The Balaban J connectivity index is 1.84. The first-order chi connectivity index (χ1) is 14.9. The number of aromatic nitrogens is 1. The molecule has 0 radical (unpaired) electrons. The highest BCUT2D eigenvalue weighted by Crippen LogP contribution is 2.52. The maximum absolute atomic E-state index is 13.1. The Morgan fingerprint density at radius 2 is 2.19 bits per heavy atom. The molecule has 5 rings (SSSR count). The van der Waals surface area contributed by atoms with Gasteiger partial charge in [-0.1, -0.05) is 6.07 Å². The molecule has 2 aliphatic rings. The van der Waals surface area contributed by atoms with Crippen molar-refractivity contribution in [2.45, 2.75) is 32.1 Å². The number of anilines is 2. The number of nitrogens with one attached hydrogen (secondary N) is 1. The first kappa shape index (κ1) is 19.4. The van der Waals surface area contributed by atoms with Crippen molar-refractivity contribution in [3.63, 3.8) is 0 Å². The number of allylic oxidation sites excluding steroid dienone is 2. The Bertz CT molecular complexity index is 1350. The number of pyridine rings is 1. The molecular formula is C23H20N4O3S. The molecule has 0 saturated carbocycles. The second kappa shape index (κ2) is 7.00. The van der Waals surface area contributed by atoms with Gasteiger partial charge >= 0.3 is 0 Å². The second-order valence-electron chi connectivity index (χ2n) is 7.79. The number of aromatic hydroxyl groups is 1. The van der Waals surface area contributed by atoms with Crippen LogP contribution in [0.4, 0.5) is 10.8 Å². The molecule has 0 spiro atoms. The average molecular weight is 433 g/mol. The molecule has 1 unspecified atom stereocenters. The number of nitriles is 1. The van der Waals surface area contributed by atoms with Crippen molar-refractivity contribution in [3.8, 4) is 17.6 Å². The lowest BCUT2D eigenvalue weighted by Gasteiger charge is -2.32. The summed E-state index contributed by atoms with van der Waals surface area (Å²) in [6, 6.07) is 7.31. The number of fused-ring (bicyclic) bond motifs is 3. The minimum absolute atomic E-state index is 0.0386. The largest absolute Gasteiger partial charge is 0.504 e. The zero-order valence-corrected chi connectivity index (χ0v) is 17.9. The van der Waals surface area contributed by atoms with Gasteiger partial charge in [0.2, 0.25) is 0 Å². The van der Waals surface area contributed by atoms with Crippen molar-refractivity contribution in [2.75, 3.05) is 18.2 Å². The predicted octanol–water partition coefficient (Wildman–Crippen LogP) is 4.34. The normalized spacial score (nSPS) is 17.7. The highest BCUT2D eigenvalue weighted by molar-refractivity contribution is 7.23. The number of thiophene rings is 1. The third-order valence-corrected chi connectivity index (χ3v) is 7.30. The number of rotatable bonds is 2. The topological polar surface area (TPSA) is 121 Å². The van der Waals surface area contributed by atoms with E-state index in [0.29, 0.717) is 23.3 Å². The van der Waals surface area contributed by atoms with Crippen LogP contribution in [-0.4, -0.2) is 23.0 Å². The van der Waals surface area contributed by atoms with E-state index in [1.807, 2.05) is 13.0 Å². The predicted molar refractivity (Wildman–Crippen MR) is 119 cm³/mol. The van der Waals surface area contributed by atoms with Crippen LogP contribution in [0, 0.1) is 18.3 Å². The van der Waals surface area contributed by atoms with E-state index in [2.05, 4.69) is 16.4 Å². The fourth-order valence-electron chi connectivity index (χ4n) is 4.60. The fraction of sp³-hybridized carbons (Fsp3) is 0.261. The molecule has 1 aromatic carbocycles. The number of nitrogens with zero attached hydrogens (tertiary/aromatic N) is 2. The second-order valence-corrected chi connectivity index (χ2v) is 8.81. The molecule has 4 N–H and O–H groups in total. The number of nitrogen functional groups attached to an aromatic ring is 1. The number of phenolic OH excluding ortho intramolecular Hbond substituents is 1. The lowest BCUT2D eigenvalue weighted by Crippen LogP contribution is -2.26. The van der Waals surface area contributed by atoms with Crippen LogP contribution in [-0.2, 0) is 4.79 Å². The Labute approximate surface area is 182 Å². The summed E-state index contributed by atoms with van der Waals surface area (Å²) >= 11 is 1.53. The van der Waals surface area contributed by atoms with Gasteiger partial charge in [0.25, 0.3) is 0 Å². The van der Waals surface area contributed by atoms with E-state index in [1.165, 1.54) is 18.4 Å². The fourth-order valence-corrected chi connectivity index (χ4v) is 5.81. The van der Waals surface area contributed by atoms with Crippen LogP contribution in [0.2, 0.25) is 0 Å². The molecule has 7 nitrogen and oxygen atoms in total. The number of aryl methyl sites for hydroxylation is 1. The van der Waals surface area contributed by atoms with Gasteiger partial charge in [-0.3, -0.25) is 4.79 Å². The highest BCUT2D eigenvalue weighted by Gasteiger charge is 2.38. The lowest BCUT2D eigenvalue weighted by molar-refractivity contribution is -0.116. The Kier molecular flexibility index (Phi) is 4.38. The smallest absolute Gasteiger partial charge is 0.161 e. The molecular weight excluding hydrogens is 412 g/mol. The zero-order chi connectivity index (χ0) is 21.9. The molecule has 2 aromatic heterocycles. The van der Waals surface area contributed by atoms with E-state index in [-0.39, 0.29) is 23.3 Å². The Hall–Kier alpha value is -3.57. The minimum atomic E-state index is -0.360. The first-order valence-corrected chi connectivity index (χ1v) is 10.8. The van der Waals surface area contributed by atoms with Crippen LogP contribution in [0.1, 0.15) is 47.4 Å². The summed E-state index contributed by atoms with van der Waals surface area (Å²) < 4.78 is 6.21. The third kappa shape index (κ3) is 2.77. The number of benzene rings is 1. The summed E-state index contributed by atoms with van der Waals surface area (Å²) in [5, 5.41) is 24.0. The van der Waals surface area contributed by atoms with E-state index in [0.717, 1.165) is 50.5 Å². The minimum Gasteiger partial charge on any atom is -0.504 e. The third-order valence-electron chi connectivity index (χ3n) is 6.07. The molecule has 1 aliphatic carbocycles. The average Bonchev–Trinajstić information content (AvgIpc) is 3.11. The van der Waals surface area contributed by atoms with Gasteiger partial charge in [-0.2, -0.15) is 5.26 Å². The quantitative estimate of drug-likeness (QED) is 0.551. The SMILES string of the molecule is COc1cc(C2C3=C(CCCC3=O)Nc3sc4c(C)c(C#N)c(N)nc4c32)ccc1O. The van der Waals surface area contributed by atoms with Gasteiger partial charge in [0.05, 0.1) is 27.9 Å². The number of ketones is 1. The van der Waals surface area contributed by atoms with E-state index in [9.17, 15) is 15.2 Å². The monoisotopic (exact) mass is 432 g/mol. The molecule has 1 atom stereocenters. The number of carbonyl (C=O) groups excluding carboxylic acids is 1. The van der Waals surface area contributed by atoms with Crippen LogP contribution in [0.3, 0.4) is 0 Å². The molecule has 31 heavy (non-hydrogen) atoms. The molecule has 0 fully saturated rings. The summed E-state index contributed by atoms with van der Waals surface area (Å²) in [6.07, 6.45) is 2.09. The van der Waals surface area contributed by atoms with E-state index in [4.69, 9.17) is 10.5 Å². The Morgan fingerprint density at radius 3 is 2.94 bits per heavy atom. The van der Waals surface area contributed by atoms with Crippen LogP contribution < -0.4 is 15.8 Å². The van der Waals surface area contributed by atoms with Gasteiger partial charge < -0.3 is 20.9 Å². The molecule has 0 saturated heterocycles. The van der Waals surface area contributed by atoms with Crippen molar-refractivity contribution in [1.29, 1.82) is 5.26 Å². The molecule has 0 amide bonds. The number of hydrogen-bond acceptors (Lipinski definition) is 8. The number of Topliss-reactive ketones (excluding diaryl/α,β-unsaturated/α-hetero) is 1. The van der Waals surface area contributed by atoms with Crippen LogP contribution >= 0.6 is 11.3 Å². The standard InChI is InChI=1S/C23H20N4O3S/c1-10-12(9-24)22(25)27-20-19-17(11-6-7-14(28)16(8-11)30-2)18-13(4-3-5-15(18)29)26-23(19)31-21(10)20/h6-8,17,26,28H,3-5H2,1-2H3,(H2,25,27). The number of methoxy groups -OCH3 is 1. The van der Waals surface area contributed by atoms with Gasteiger partial charge in [-0.25, -0.2) is 4.98 Å². The molecule has 3 aromatic rings. The molecule has 3 heterocycles.